The summed E-state index contributed by atoms with van der Waals surface area (Å²) in [6, 6.07) is 4.35. The molecule has 0 saturated carbocycles. The Morgan fingerprint density at radius 2 is 1.85 bits per heavy atom. The Labute approximate surface area is 155 Å². The van der Waals surface area contributed by atoms with E-state index >= 15 is 0 Å². The monoisotopic (exact) mass is 390 g/mol. The molecule has 2 atom stereocenters. The number of benzene rings is 1. The molecule has 150 valence electrons. The van der Waals surface area contributed by atoms with E-state index in [4.69, 9.17) is 4.74 Å². The van der Waals surface area contributed by atoms with Crippen molar-refractivity contribution >= 4 is 17.5 Å². The fourth-order valence-corrected chi connectivity index (χ4v) is 2.53. The highest BCUT2D eigenvalue weighted by molar-refractivity contribution is 5.93. The van der Waals surface area contributed by atoms with Crippen molar-refractivity contribution in [3.8, 4) is 5.75 Å². The summed E-state index contributed by atoms with van der Waals surface area (Å²) >= 11 is 0. The first-order chi connectivity index (χ1) is 12.7. The van der Waals surface area contributed by atoms with Gasteiger partial charge < -0.3 is 24.6 Å². The first kappa shape index (κ1) is 21.0. The molecule has 0 aromatic heterocycles. The van der Waals surface area contributed by atoms with Crippen LogP contribution >= 0.6 is 0 Å². The molecule has 1 heterocycles. The minimum atomic E-state index is -4.77. The molecule has 1 aromatic rings. The topological polar surface area (TPSA) is 72.3 Å². The van der Waals surface area contributed by atoms with E-state index in [2.05, 4.69) is 10.1 Å². The number of amides is 2. The van der Waals surface area contributed by atoms with Crippen LogP contribution in [-0.2, 0) is 14.3 Å². The van der Waals surface area contributed by atoms with Gasteiger partial charge in [0.15, 0.2) is 12.6 Å². The maximum Gasteiger partial charge on any atom is 0.573 e. The van der Waals surface area contributed by atoms with Crippen LogP contribution in [-0.4, -0.2) is 69.0 Å². The standard InChI is InChI=1S/C17H22F3N3O4/c1-12(22(2)11-15(24)23-7-9-26-10-8-23)16(25)21-13-3-5-14(6-4-13)27-17(18,19)20/h3-6,12H,7-11H2,1-2H3,(H,21,25)/p+1/t12-/m0/s1. The number of nitrogens with one attached hydrogen (secondary N) is 2. The van der Waals surface area contributed by atoms with Crippen molar-refractivity contribution in [1.29, 1.82) is 0 Å². The molecule has 7 nitrogen and oxygen atoms in total. The third-order valence-electron chi connectivity index (χ3n) is 4.28. The van der Waals surface area contributed by atoms with Gasteiger partial charge in [-0.3, -0.25) is 9.59 Å². The van der Waals surface area contributed by atoms with Gasteiger partial charge >= 0.3 is 6.36 Å². The molecular formula is C17H23F3N3O4+. The third-order valence-corrected chi connectivity index (χ3v) is 4.28. The number of quaternary nitrogens is 1. The van der Waals surface area contributed by atoms with Crippen LogP contribution in [0.5, 0.6) is 5.75 Å². The summed E-state index contributed by atoms with van der Waals surface area (Å²) in [4.78, 5) is 27.0. The summed E-state index contributed by atoms with van der Waals surface area (Å²) in [6.07, 6.45) is -4.77. The lowest BCUT2D eigenvalue weighted by Crippen LogP contribution is -3.15. The summed E-state index contributed by atoms with van der Waals surface area (Å²) in [7, 11) is 1.74. The van der Waals surface area contributed by atoms with Crippen molar-refractivity contribution in [1.82, 2.24) is 4.90 Å². The molecule has 1 fully saturated rings. The van der Waals surface area contributed by atoms with E-state index in [9.17, 15) is 22.8 Å². The van der Waals surface area contributed by atoms with Gasteiger partial charge in [-0.05, 0) is 31.2 Å². The van der Waals surface area contributed by atoms with E-state index in [0.29, 0.717) is 36.9 Å². The van der Waals surface area contributed by atoms with Crippen molar-refractivity contribution in [3.05, 3.63) is 24.3 Å². The quantitative estimate of drug-likeness (QED) is 0.732. The largest absolute Gasteiger partial charge is 0.573 e. The summed E-state index contributed by atoms with van der Waals surface area (Å²) in [5.41, 5.74) is 0.341. The van der Waals surface area contributed by atoms with Gasteiger partial charge in [-0.15, -0.1) is 13.2 Å². The average molecular weight is 390 g/mol. The molecule has 0 bridgehead atoms. The zero-order chi connectivity index (χ0) is 20.0. The summed E-state index contributed by atoms with van der Waals surface area (Å²) in [5, 5.41) is 2.62. The van der Waals surface area contributed by atoms with E-state index in [0.717, 1.165) is 12.1 Å². The van der Waals surface area contributed by atoms with Crippen LogP contribution in [0, 0.1) is 0 Å². The number of hydrogen-bond donors (Lipinski definition) is 2. The van der Waals surface area contributed by atoms with Gasteiger partial charge in [0.2, 0.25) is 0 Å². The van der Waals surface area contributed by atoms with Gasteiger partial charge in [0.25, 0.3) is 11.8 Å². The Kier molecular flexibility index (Phi) is 7.03. The molecule has 0 spiro atoms. The molecule has 10 heteroatoms. The van der Waals surface area contributed by atoms with Gasteiger partial charge in [-0.25, -0.2) is 0 Å². The molecule has 1 unspecified atom stereocenters. The first-order valence-corrected chi connectivity index (χ1v) is 8.50. The molecule has 1 aliphatic rings. The molecule has 0 aliphatic carbocycles. The highest BCUT2D eigenvalue weighted by Gasteiger charge is 2.31. The number of anilines is 1. The number of halogens is 3. The highest BCUT2D eigenvalue weighted by atomic mass is 19.4. The van der Waals surface area contributed by atoms with E-state index in [1.54, 1.807) is 18.9 Å². The summed E-state index contributed by atoms with van der Waals surface area (Å²) in [5.74, 6) is -0.761. The predicted octanol–water partition coefficient (Wildman–Crippen LogP) is 0.286. The molecule has 1 aliphatic heterocycles. The fraction of sp³-hybridized carbons (Fsp3) is 0.529. The number of nitrogens with zero attached hydrogens (tertiary/aromatic N) is 1. The van der Waals surface area contributed by atoms with Crippen LogP contribution < -0.4 is 15.0 Å². The normalized spacial score (nSPS) is 17.1. The second kappa shape index (κ2) is 9.05. The molecule has 2 rings (SSSR count). The summed E-state index contributed by atoms with van der Waals surface area (Å²) < 4.78 is 45.4. The van der Waals surface area contributed by atoms with Crippen LogP contribution in [0.4, 0.5) is 18.9 Å². The van der Waals surface area contributed by atoms with Crippen molar-refractivity contribution in [2.75, 3.05) is 45.2 Å². The lowest BCUT2D eigenvalue weighted by Gasteiger charge is -2.28. The van der Waals surface area contributed by atoms with E-state index in [1.807, 2.05) is 0 Å². The second-order valence-electron chi connectivity index (χ2n) is 6.30. The Hall–Kier alpha value is -2.33. The average Bonchev–Trinajstić information content (AvgIpc) is 2.62. The van der Waals surface area contributed by atoms with E-state index in [1.165, 1.54) is 12.1 Å². The number of hydrogen-bond acceptors (Lipinski definition) is 4. The number of morpholine rings is 1. The van der Waals surface area contributed by atoms with Gasteiger partial charge in [0, 0.05) is 18.8 Å². The number of rotatable bonds is 6. The molecule has 1 aromatic carbocycles. The van der Waals surface area contributed by atoms with Gasteiger partial charge in [0.1, 0.15) is 5.75 Å². The first-order valence-electron chi connectivity index (χ1n) is 8.50. The molecule has 1 saturated heterocycles. The molecule has 2 amide bonds. The predicted molar refractivity (Wildman–Crippen MR) is 90.4 cm³/mol. The third kappa shape index (κ3) is 6.72. The number of alkyl halides is 3. The van der Waals surface area contributed by atoms with Gasteiger partial charge in [-0.1, -0.05) is 0 Å². The van der Waals surface area contributed by atoms with Crippen LogP contribution in [0.15, 0.2) is 24.3 Å². The number of likely N-dealkylation sites (N-methyl/N-ethyl adjacent to an activating group) is 1. The lowest BCUT2D eigenvalue weighted by atomic mass is 10.2. The Bertz CT molecular complexity index is 646. The Morgan fingerprint density at radius 1 is 1.26 bits per heavy atom. The van der Waals surface area contributed by atoms with E-state index in [-0.39, 0.29) is 24.1 Å². The minimum Gasteiger partial charge on any atom is -0.406 e. The van der Waals surface area contributed by atoms with Gasteiger partial charge in [-0.2, -0.15) is 0 Å². The lowest BCUT2D eigenvalue weighted by molar-refractivity contribution is -0.886. The molecule has 2 N–H and O–H groups in total. The molecule has 0 radical (unpaired) electrons. The van der Waals surface area contributed by atoms with Crippen molar-refractivity contribution in [3.63, 3.8) is 0 Å². The number of carbonyl (C=O) groups excluding carboxylic acids is 2. The second-order valence-corrected chi connectivity index (χ2v) is 6.30. The minimum absolute atomic E-state index is 0.0518. The van der Waals surface area contributed by atoms with Crippen molar-refractivity contribution < 1.29 is 37.1 Å². The van der Waals surface area contributed by atoms with Crippen LogP contribution in [0.2, 0.25) is 0 Å². The molecule has 27 heavy (non-hydrogen) atoms. The highest BCUT2D eigenvalue weighted by Crippen LogP contribution is 2.23. The van der Waals surface area contributed by atoms with Crippen LogP contribution in [0.1, 0.15) is 6.92 Å². The Balaban J connectivity index is 1.85. The van der Waals surface area contributed by atoms with Crippen LogP contribution in [0.3, 0.4) is 0 Å². The maximum atomic E-state index is 12.3. The van der Waals surface area contributed by atoms with Gasteiger partial charge in [0.05, 0.1) is 20.3 Å². The number of carbonyl (C=O) groups is 2. The van der Waals surface area contributed by atoms with Crippen molar-refractivity contribution in [2.45, 2.75) is 19.3 Å². The zero-order valence-electron chi connectivity index (χ0n) is 15.1. The maximum absolute atomic E-state index is 12.3. The summed E-state index contributed by atoms with van der Waals surface area (Å²) in [6.45, 7) is 3.94. The fourth-order valence-electron chi connectivity index (χ4n) is 2.53. The smallest absolute Gasteiger partial charge is 0.406 e. The van der Waals surface area contributed by atoms with E-state index < -0.39 is 12.4 Å². The number of ether oxygens (including phenoxy) is 2. The van der Waals surface area contributed by atoms with Crippen molar-refractivity contribution in [2.24, 2.45) is 0 Å². The zero-order valence-corrected chi connectivity index (χ0v) is 15.1. The van der Waals surface area contributed by atoms with Crippen LogP contribution in [0.25, 0.3) is 0 Å². The molecular weight excluding hydrogens is 367 g/mol. The Morgan fingerprint density at radius 3 is 2.41 bits per heavy atom. The SMILES string of the molecule is C[C@@H](C(=O)Nc1ccc(OC(F)(F)F)cc1)[NH+](C)CC(=O)N1CCOCC1.